The number of nitrogens with one attached hydrogen (secondary N) is 1. The predicted octanol–water partition coefficient (Wildman–Crippen LogP) is 4.47. The third-order valence-electron chi connectivity index (χ3n) is 3.44. The van der Waals surface area contributed by atoms with Gasteiger partial charge in [0.2, 0.25) is 0 Å². The second kappa shape index (κ2) is 5.15. The Balaban J connectivity index is 1.94. The fourth-order valence-electron chi connectivity index (χ4n) is 2.39. The highest BCUT2D eigenvalue weighted by molar-refractivity contribution is 5.86. The first kappa shape index (κ1) is 11.8. The molecule has 0 saturated carbocycles. The van der Waals surface area contributed by atoms with Crippen LogP contribution in [0.25, 0.3) is 10.8 Å². The molecule has 3 rings (SSSR count). The number of hydrogen-bond acceptors (Lipinski definition) is 1. The Morgan fingerprint density at radius 3 is 2.26 bits per heavy atom. The van der Waals surface area contributed by atoms with E-state index in [1.54, 1.807) is 0 Å². The summed E-state index contributed by atoms with van der Waals surface area (Å²) in [6.45, 7) is 0. The van der Waals surface area contributed by atoms with Gasteiger partial charge in [-0.1, -0.05) is 54.6 Å². The zero-order valence-electron chi connectivity index (χ0n) is 11.1. The Morgan fingerprint density at radius 1 is 0.737 bits per heavy atom. The first-order valence-electron chi connectivity index (χ1n) is 6.59. The highest BCUT2D eigenvalue weighted by Crippen LogP contribution is 2.21. The van der Waals surface area contributed by atoms with E-state index in [-0.39, 0.29) is 0 Å². The van der Waals surface area contributed by atoms with E-state index in [9.17, 15) is 0 Å². The lowest BCUT2D eigenvalue weighted by molar-refractivity contribution is 1.20. The quantitative estimate of drug-likeness (QED) is 0.720. The lowest BCUT2D eigenvalue weighted by Crippen LogP contribution is -1.89. The zero-order chi connectivity index (χ0) is 13.1. The summed E-state index contributed by atoms with van der Waals surface area (Å²) in [7, 11) is 1.95. The van der Waals surface area contributed by atoms with Gasteiger partial charge in [-0.2, -0.15) is 0 Å². The normalized spacial score (nSPS) is 10.6. The Hall–Kier alpha value is -2.28. The molecule has 3 aromatic rings. The minimum Gasteiger partial charge on any atom is -0.388 e. The summed E-state index contributed by atoms with van der Waals surface area (Å²) >= 11 is 0. The van der Waals surface area contributed by atoms with Crippen molar-refractivity contribution in [2.75, 3.05) is 12.4 Å². The molecule has 0 atom stereocenters. The molecule has 0 aliphatic heterocycles. The van der Waals surface area contributed by atoms with Gasteiger partial charge in [0.05, 0.1) is 0 Å². The van der Waals surface area contributed by atoms with Crippen molar-refractivity contribution in [1.29, 1.82) is 0 Å². The fourth-order valence-corrected chi connectivity index (χ4v) is 2.39. The molecule has 0 fully saturated rings. The van der Waals surface area contributed by atoms with Crippen molar-refractivity contribution in [3.8, 4) is 0 Å². The number of hydrogen-bond donors (Lipinski definition) is 1. The van der Waals surface area contributed by atoms with E-state index in [4.69, 9.17) is 0 Å². The Morgan fingerprint density at radius 2 is 1.47 bits per heavy atom. The fraction of sp³-hybridized carbons (Fsp3) is 0.111. The van der Waals surface area contributed by atoms with Gasteiger partial charge >= 0.3 is 0 Å². The van der Waals surface area contributed by atoms with E-state index in [1.165, 1.54) is 21.9 Å². The molecular weight excluding hydrogens is 230 g/mol. The molecule has 0 aliphatic carbocycles. The van der Waals surface area contributed by atoms with Crippen LogP contribution < -0.4 is 5.32 Å². The molecule has 0 amide bonds. The van der Waals surface area contributed by atoms with Gasteiger partial charge in [0.25, 0.3) is 0 Å². The highest BCUT2D eigenvalue weighted by atomic mass is 14.8. The summed E-state index contributed by atoms with van der Waals surface area (Å²) in [4.78, 5) is 0. The number of fused-ring (bicyclic) bond motifs is 1. The topological polar surface area (TPSA) is 12.0 Å². The molecule has 3 aromatic carbocycles. The van der Waals surface area contributed by atoms with E-state index < -0.39 is 0 Å². The van der Waals surface area contributed by atoms with Crippen molar-refractivity contribution in [1.82, 2.24) is 0 Å². The van der Waals surface area contributed by atoms with Crippen LogP contribution in [-0.4, -0.2) is 7.05 Å². The molecule has 0 unspecified atom stereocenters. The lowest BCUT2D eigenvalue weighted by Gasteiger charge is -2.06. The second-order valence-electron chi connectivity index (χ2n) is 4.81. The third kappa shape index (κ3) is 2.60. The first-order valence-corrected chi connectivity index (χ1v) is 6.59. The van der Waals surface area contributed by atoms with E-state index >= 15 is 0 Å². The Labute approximate surface area is 113 Å². The van der Waals surface area contributed by atoms with Gasteiger partial charge in [0.15, 0.2) is 0 Å². The SMILES string of the molecule is CNc1ccc2cc(Cc3ccccc3)ccc2c1. The first-order chi connectivity index (χ1) is 9.35. The minimum absolute atomic E-state index is 0.991. The Bertz CT molecular complexity index is 686. The molecule has 0 heterocycles. The zero-order valence-corrected chi connectivity index (χ0v) is 11.1. The highest BCUT2D eigenvalue weighted by Gasteiger charge is 1.99. The van der Waals surface area contributed by atoms with Gasteiger partial charge in [-0.05, 0) is 40.5 Å². The van der Waals surface area contributed by atoms with Crippen LogP contribution in [0.5, 0.6) is 0 Å². The molecule has 0 aliphatic rings. The molecule has 0 radical (unpaired) electrons. The summed E-state index contributed by atoms with van der Waals surface area (Å²) in [6, 6.07) is 23.8. The maximum atomic E-state index is 3.17. The van der Waals surface area contributed by atoms with Gasteiger partial charge in [0.1, 0.15) is 0 Å². The molecule has 0 bridgehead atoms. The molecule has 0 aromatic heterocycles. The molecule has 1 N–H and O–H groups in total. The number of rotatable bonds is 3. The largest absolute Gasteiger partial charge is 0.388 e. The monoisotopic (exact) mass is 247 g/mol. The summed E-state index contributed by atoms with van der Waals surface area (Å²) < 4.78 is 0. The maximum absolute atomic E-state index is 3.17. The van der Waals surface area contributed by atoms with E-state index in [0.717, 1.165) is 12.1 Å². The molecule has 1 heteroatoms. The van der Waals surface area contributed by atoms with Crippen molar-refractivity contribution in [2.24, 2.45) is 0 Å². The van der Waals surface area contributed by atoms with Crippen LogP contribution in [-0.2, 0) is 6.42 Å². The van der Waals surface area contributed by atoms with Crippen molar-refractivity contribution in [2.45, 2.75) is 6.42 Å². The molecule has 0 saturated heterocycles. The van der Waals surface area contributed by atoms with Gasteiger partial charge in [-0.15, -0.1) is 0 Å². The van der Waals surface area contributed by atoms with Crippen LogP contribution >= 0.6 is 0 Å². The van der Waals surface area contributed by atoms with Crippen molar-refractivity contribution < 1.29 is 0 Å². The smallest absolute Gasteiger partial charge is 0.0343 e. The van der Waals surface area contributed by atoms with Gasteiger partial charge in [-0.25, -0.2) is 0 Å². The summed E-state index contributed by atoms with van der Waals surface area (Å²) in [5.41, 5.74) is 3.87. The number of benzene rings is 3. The van der Waals surface area contributed by atoms with Crippen LogP contribution in [0.2, 0.25) is 0 Å². The minimum atomic E-state index is 0.991. The van der Waals surface area contributed by atoms with Crippen LogP contribution in [0.4, 0.5) is 5.69 Å². The summed E-state index contributed by atoms with van der Waals surface area (Å²) in [5.74, 6) is 0. The third-order valence-corrected chi connectivity index (χ3v) is 3.44. The lowest BCUT2D eigenvalue weighted by atomic mass is 10.0. The van der Waals surface area contributed by atoms with Crippen LogP contribution in [0.1, 0.15) is 11.1 Å². The maximum Gasteiger partial charge on any atom is 0.0343 e. The van der Waals surface area contributed by atoms with Gasteiger partial charge in [0, 0.05) is 12.7 Å². The Kier molecular flexibility index (Phi) is 3.20. The molecular formula is C18H17N. The van der Waals surface area contributed by atoms with Gasteiger partial charge < -0.3 is 5.32 Å². The van der Waals surface area contributed by atoms with E-state index in [1.807, 2.05) is 7.05 Å². The predicted molar refractivity (Wildman–Crippen MR) is 82.7 cm³/mol. The molecule has 0 spiro atoms. The van der Waals surface area contributed by atoms with E-state index in [0.29, 0.717) is 0 Å². The van der Waals surface area contributed by atoms with Crippen molar-refractivity contribution in [3.63, 3.8) is 0 Å². The van der Waals surface area contributed by atoms with Crippen LogP contribution in [0.3, 0.4) is 0 Å². The second-order valence-corrected chi connectivity index (χ2v) is 4.81. The molecule has 94 valence electrons. The number of anilines is 1. The van der Waals surface area contributed by atoms with E-state index in [2.05, 4.69) is 72.0 Å². The molecule has 1 nitrogen and oxygen atoms in total. The average molecular weight is 247 g/mol. The average Bonchev–Trinajstić information content (AvgIpc) is 2.48. The van der Waals surface area contributed by atoms with Crippen LogP contribution in [0, 0.1) is 0 Å². The molecule has 19 heavy (non-hydrogen) atoms. The summed E-state index contributed by atoms with van der Waals surface area (Å²) in [6.07, 6.45) is 0.991. The van der Waals surface area contributed by atoms with Gasteiger partial charge in [-0.3, -0.25) is 0 Å². The standard InChI is InChI=1S/C18H17N/c1-19-18-10-9-16-12-15(7-8-17(16)13-18)11-14-5-3-2-4-6-14/h2-10,12-13,19H,11H2,1H3. The van der Waals surface area contributed by atoms with Crippen molar-refractivity contribution in [3.05, 3.63) is 77.9 Å². The van der Waals surface area contributed by atoms with Crippen molar-refractivity contribution >= 4 is 16.5 Å². The van der Waals surface area contributed by atoms with Crippen LogP contribution in [0.15, 0.2) is 66.7 Å². The summed E-state index contributed by atoms with van der Waals surface area (Å²) in [5, 5.41) is 5.75.